The van der Waals surface area contributed by atoms with Gasteiger partial charge in [0, 0.05) is 31.6 Å². The van der Waals surface area contributed by atoms with Gasteiger partial charge in [-0.15, -0.1) is 0 Å². The highest BCUT2D eigenvalue weighted by Crippen LogP contribution is 2.27. The van der Waals surface area contributed by atoms with Gasteiger partial charge in [-0.25, -0.2) is 13.2 Å². The van der Waals surface area contributed by atoms with Crippen molar-refractivity contribution in [2.24, 2.45) is 33.7 Å². The van der Waals surface area contributed by atoms with E-state index < -0.39 is 51.4 Å². The number of benzene rings is 1. The van der Waals surface area contributed by atoms with E-state index in [1.807, 2.05) is 44.2 Å². The fourth-order valence-electron chi connectivity index (χ4n) is 5.86. The number of rotatable bonds is 14. The fraction of sp³-hybridized carbons (Fsp3) is 0.667. The smallest absolute Gasteiger partial charge is 0.434 e. The Morgan fingerprint density at radius 1 is 1.02 bits per heavy atom. The summed E-state index contributed by atoms with van der Waals surface area (Å²) < 4.78 is 37.9. The van der Waals surface area contributed by atoms with Crippen LogP contribution in [0.15, 0.2) is 35.3 Å². The molecular formula is C33H52N6O8S. The molecule has 0 radical (unpaired) electrons. The highest BCUT2D eigenvalue weighted by atomic mass is 32.2. The molecule has 0 bridgehead atoms. The molecule has 2 atom stereocenters. The van der Waals surface area contributed by atoms with Crippen LogP contribution in [0.2, 0.25) is 0 Å². The molecule has 2 heterocycles. The number of piperidine rings is 1. The van der Waals surface area contributed by atoms with Crippen molar-refractivity contribution >= 4 is 39.9 Å². The van der Waals surface area contributed by atoms with Gasteiger partial charge in [0.05, 0.1) is 19.5 Å². The van der Waals surface area contributed by atoms with Crippen LogP contribution in [0.1, 0.15) is 65.4 Å². The summed E-state index contributed by atoms with van der Waals surface area (Å²) in [5.74, 6) is -1.35. The molecule has 3 amide bonds. The molecule has 14 nitrogen and oxygen atoms in total. The van der Waals surface area contributed by atoms with Crippen LogP contribution in [0.4, 0.5) is 4.79 Å². The lowest BCUT2D eigenvalue weighted by Crippen LogP contribution is -2.56. The van der Waals surface area contributed by atoms with Crippen molar-refractivity contribution in [2.75, 3.05) is 45.6 Å². The second-order valence-corrected chi connectivity index (χ2v) is 15.7. The van der Waals surface area contributed by atoms with Gasteiger partial charge in [0.1, 0.15) is 12.1 Å². The zero-order valence-corrected chi connectivity index (χ0v) is 29.6. The fourth-order valence-corrected chi connectivity index (χ4v) is 6.97. The van der Waals surface area contributed by atoms with Gasteiger partial charge in [0.2, 0.25) is 21.8 Å². The van der Waals surface area contributed by atoms with Crippen molar-refractivity contribution in [1.82, 2.24) is 14.1 Å². The Kier molecular flexibility index (Phi) is 13.8. The first-order valence-corrected chi connectivity index (χ1v) is 18.4. The average Bonchev–Trinajstić information content (AvgIpc) is 3.52. The Labute approximate surface area is 284 Å². The summed E-state index contributed by atoms with van der Waals surface area (Å²) >= 11 is 0. The Bertz CT molecular complexity index is 1410. The zero-order valence-electron chi connectivity index (χ0n) is 28.8. The minimum Gasteiger partial charge on any atom is -0.434 e. The number of ether oxygens (including phenoxy) is 2. The number of likely N-dealkylation sites (tertiary alicyclic amines) is 2. The molecule has 0 saturated carbocycles. The number of carbonyl (C=O) groups is 4. The van der Waals surface area contributed by atoms with Crippen LogP contribution >= 0.6 is 0 Å². The molecular weight excluding hydrogens is 640 g/mol. The zero-order chi connectivity index (χ0) is 35.6. The van der Waals surface area contributed by atoms with Crippen LogP contribution in [-0.4, -0.2) is 110 Å². The monoisotopic (exact) mass is 692 g/mol. The highest BCUT2D eigenvalue weighted by molar-refractivity contribution is 7.88. The van der Waals surface area contributed by atoms with E-state index in [1.165, 1.54) is 9.21 Å². The van der Waals surface area contributed by atoms with Crippen LogP contribution in [0.5, 0.6) is 0 Å². The van der Waals surface area contributed by atoms with Gasteiger partial charge in [-0.05, 0) is 55.9 Å². The molecule has 2 fully saturated rings. The van der Waals surface area contributed by atoms with Crippen LogP contribution in [-0.2, 0) is 40.3 Å². The van der Waals surface area contributed by atoms with Crippen molar-refractivity contribution in [2.45, 2.75) is 78.3 Å². The van der Waals surface area contributed by atoms with E-state index in [2.05, 4.69) is 4.99 Å². The van der Waals surface area contributed by atoms with Gasteiger partial charge in [0.25, 0.3) is 5.91 Å². The van der Waals surface area contributed by atoms with E-state index in [0.29, 0.717) is 45.3 Å². The van der Waals surface area contributed by atoms with Gasteiger partial charge in [0.15, 0.2) is 5.96 Å². The SMILES string of the molecule is CC(C)COC(=O)OCCC(C)(C)C(=O)N=C(N)N1CCC(CN([C@H](Cc2ccccc2)C(=O)N2CCC[C@H]2C(N)=O)S(C)(=O)=O)CC1. The quantitative estimate of drug-likeness (QED) is 0.166. The second kappa shape index (κ2) is 17.1. The Morgan fingerprint density at radius 3 is 2.25 bits per heavy atom. The lowest BCUT2D eigenvalue weighted by Gasteiger charge is -2.38. The van der Waals surface area contributed by atoms with E-state index in [0.717, 1.165) is 11.8 Å². The van der Waals surface area contributed by atoms with Gasteiger partial charge >= 0.3 is 6.16 Å². The number of amides is 3. The van der Waals surface area contributed by atoms with Crippen molar-refractivity contribution in [3.63, 3.8) is 0 Å². The van der Waals surface area contributed by atoms with E-state index in [-0.39, 0.29) is 50.4 Å². The molecule has 0 spiro atoms. The summed E-state index contributed by atoms with van der Waals surface area (Å²) in [5, 5.41) is 0. The van der Waals surface area contributed by atoms with Gasteiger partial charge in [-0.2, -0.15) is 9.30 Å². The third kappa shape index (κ3) is 11.2. The molecule has 48 heavy (non-hydrogen) atoms. The van der Waals surface area contributed by atoms with Crippen molar-refractivity contribution in [3.05, 3.63) is 35.9 Å². The highest BCUT2D eigenvalue weighted by Gasteiger charge is 2.42. The van der Waals surface area contributed by atoms with E-state index >= 15 is 0 Å². The Hall–Kier alpha value is -3.72. The molecule has 0 aliphatic carbocycles. The van der Waals surface area contributed by atoms with E-state index in [4.69, 9.17) is 20.9 Å². The minimum absolute atomic E-state index is 0.0119. The maximum Gasteiger partial charge on any atom is 0.508 e. The summed E-state index contributed by atoms with van der Waals surface area (Å²) in [6, 6.07) is 7.37. The molecule has 1 aromatic carbocycles. The van der Waals surface area contributed by atoms with Crippen LogP contribution in [0, 0.1) is 17.3 Å². The van der Waals surface area contributed by atoms with E-state index in [1.54, 1.807) is 18.7 Å². The number of primary amides is 1. The summed E-state index contributed by atoms with van der Waals surface area (Å²) in [7, 11) is -3.85. The number of carbonyl (C=O) groups excluding carboxylic acids is 4. The molecule has 2 saturated heterocycles. The lowest BCUT2D eigenvalue weighted by atomic mass is 9.89. The second-order valence-electron chi connectivity index (χ2n) is 13.8. The molecule has 0 unspecified atom stereocenters. The predicted molar refractivity (Wildman–Crippen MR) is 181 cm³/mol. The van der Waals surface area contributed by atoms with Gasteiger partial charge in [-0.1, -0.05) is 58.0 Å². The van der Waals surface area contributed by atoms with Gasteiger partial charge < -0.3 is 30.7 Å². The summed E-state index contributed by atoms with van der Waals surface area (Å²) in [5.41, 5.74) is 11.7. The van der Waals surface area contributed by atoms with Crippen LogP contribution < -0.4 is 11.5 Å². The first kappa shape index (κ1) is 38.7. The predicted octanol–water partition coefficient (Wildman–Crippen LogP) is 2.11. The molecule has 2 aliphatic rings. The summed E-state index contributed by atoms with van der Waals surface area (Å²) in [6.07, 6.45) is 2.84. The number of guanidine groups is 1. The minimum atomic E-state index is -3.85. The van der Waals surface area contributed by atoms with Crippen LogP contribution in [0.3, 0.4) is 0 Å². The van der Waals surface area contributed by atoms with Crippen molar-refractivity contribution in [1.29, 1.82) is 0 Å². The molecule has 2 aliphatic heterocycles. The number of sulfonamides is 1. The van der Waals surface area contributed by atoms with Crippen molar-refractivity contribution < 1.29 is 37.1 Å². The third-order valence-electron chi connectivity index (χ3n) is 8.85. The van der Waals surface area contributed by atoms with Crippen molar-refractivity contribution in [3.8, 4) is 0 Å². The molecule has 0 aromatic heterocycles. The number of hydrogen-bond acceptors (Lipinski definition) is 8. The summed E-state index contributed by atoms with van der Waals surface area (Å²) in [4.78, 5) is 58.2. The first-order chi connectivity index (χ1) is 22.5. The summed E-state index contributed by atoms with van der Waals surface area (Å²) in [6.45, 7) is 8.75. The van der Waals surface area contributed by atoms with Gasteiger partial charge in [-0.3, -0.25) is 14.4 Å². The normalized spacial score (nSPS) is 18.6. The maximum atomic E-state index is 14.0. The molecule has 268 valence electrons. The van der Waals surface area contributed by atoms with Crippen LogP contribution in [0.25, 0.3) is 0 Å². The maximum absolute atomic E-state index is 14.0. The van der Waals surface area contributed by atoms with E-state index in [9.17, 15) is 27.6 Å². The first-order valence-electron chi connectivity index (χ1n) is 16.5. The largest absolute Gasteiger partial charge is 0.508 e. The number of hydrogen-bond donors (Lipinski definition) is 2. The molecule has 1 aromatic rings. The number of nitrogens with two attached hydrogens (primary N) is 2. The topological polar surface area (TPSA) is 195 Å². The Morgan fingerprint density at radius 2 is 1.67 bits per heavy atom. The standard InChI is InChI=1S/C33H52N6O8S/c1-23(2)22-47-32(43)46-19-15-33(3,4)30(42)36-31(35)37-17-13-25(14-18-37)21-39(48(5,44)45)27(20-24-10-7-6-8-11-24)29(41)38-16-9-12-26(38)28(34)40/h6-8,10-11,23,25-27H,9,12-22H2,1-5H3,(H2,34,40)(H2,35,36,42)/t26-,27+/m0/s1. The third-order valence-corrected chi connectivity index (χ3v) is 10.1. The molecule has 15 heteroatoms. The molecule has 3 rings (SSSR count). The Balaban J connectivity index is 1.66. The number of nitrogens with zero attached hydrogens (tertiary/aromatic N) is 4. The lowest BCUT2D eigenvalue weighted by molar-refractivity contribution is -0.140. The molecule has 4 N–H and O–H groups in total. The average molecular weight is 693 g/mol. The number of aliphatic imine (C=N–C) groups is 1.